The van der Waals surface area contributed by atoms with E-state index in [-0.39, 0.29) is 30.0 Å². The van der Waals surface area contributed by atoms with E-state index in [1.807, 2.05) is 0 Å². The Labute approximate surface area is 180 Å². The van der Waals surface area contributed by atoms with Crippen molar-refractivity contribution in [2.75, 3.05) is 25.8 Å². The summed E-state index contributed by atoms with van der Waals surface area (Å²) in [5.41, 5.74) is -2.15. The molecule has 1 aromatic heterocycles. The number of amides is 2. The normalized spacial score (nSPS) is 18.8. The van der Waals surface area contributed by atoms with Gasteiger partial charge in [-0.25, -0.2) is 13.5 Å². The van der Waals surface area contributed by atoms with Crippen LogP contribution in [0.5, 0.6) is 5.75 Å². The maximum absolute atomic E-state index is 13.8. The van der Waals surface area contributed by atoms with Gasteiger partial charge < -0.3 is 20.4 Å². The van der Waals surface area contributed by atoms with Crippen LogP contribution in [0, 0.1) is 11.6 Å². The maximum atomic E-state index is 13.8. The van der Waals surface area contributed by atoms with Crippen molar-refractivity contribution < 1.29 is 33.0 Å². The van der Waals surface area contributed by atoms with Crippen LogP contribution in [0.1, 0.15) is 45.1 Å². The van der Waals surface area contributed by atoms with E-state index in [1.165, 1.54) is 16.6 Å². The van der Waals surface area contributed by atoms with Gasteiger partial charge in [-0.05, 0) is 13.0 Å². The van der Waals surface area contributed by atoms with Crippen LogP contribution in [0.15, 0.2) is 23.0 Å². The van der Waals surface area contributed by atoms with Gasteiger partial charge in [0.05, 0.1) is 19.4 Å². The first-order chi connectivity index (χ1) is 15.1. The summed E-state index contributed by atoms with van der Waals surface area (Å²) in [4.78, 5) is 39.4. The molecule has 4 rings (SSSR count). The molecule has 172 valence electrons. The van der Waals surface area contributed by atoms with Crippen molar-refractivity contribution in [3.8, 4) is 5.75 Å². The molecule has 3 heterocycles. The molecule has 2 aromatic rings. The van der Waals surface area contributed by atoms with E-state index in [0.717, 1.165) is 12.1 Å². The number of carbonyl (C=O) groups is 2. The minimum atomic E-state index is -1.28. The Hall–Kier alpha value is -3.54. The third-order valence-corrected chi connectivity index (χ3v) is 5.49. The van der Waals surface area contributed by atoms with Crippen LogP contribution in [0.25, 0.3) is 0 Å². The molecule has 2 amide bonds. The van der Waals surface area contributed by atoms with Gasteiger partial charge in [-0.2, -0.15) is 0 Å². The largest absolute Gasteiger partial charge is 0.502 e. The van der Waals surface area contributed by atoms with Gasteiger partial charge in [0, 0.05) is 25.2 Å². The van der Waals surface area contributed by atoms with E-state index in [2.05, 4.69) is 5.32 Å². The van der Waals surface area contributed by atoms with Gasteiger partial charge in [0.1, 0.15) is 29.5 Å². The van der Waals surface area contributed by atoms with E-state index in [9.17, 15) is 37.8 Å². The fourth-order valence-electron chi connectivity index (χ4n) is 3.79. The summed E-state index contributed by atoms with van der Waals surface area (Å²) in [5.74, 6) is -4.17. The van der Waals surface area contributed by atoms with Gasteiger partial charge in [-0.3, -0.25) is 23.8 Å². The number of benzene rings is 1. The molecule has 2 aliphatic heterocycles. The molecule has 0 bridgehead atoms. The van der Waals surface area contributed by atoms with Gasteiger partial charge in [0.25, 0.3) is 11.8 Å². The summed E-state index contributed by atoms with van der Waals surface area (Å²) in [5, 5.41) is 24.8. The van der Waals surface area contributed by atoms with Crippen molar-refractivity contribution in [3.63, 3.8) is 0 Å². The van der Waals surface area contributed by atoms with E-state index in [1.54, 1.807) is 11.9 Å². The first kappa shape index (κ1) is 23.1. The highest BCUT2D eigenvalue weighted by molar-refractivity contribution is 6.00. The summed E-state index contributed by atoms with van der Waals surface area (Å²) >= 11 is 0. The number of hydrogen-bond acceptors (Lipinski definition) is 6. The summed E-state index contributed by atoms with van der Waals surface area (Å²) in [6.45, 7) is 1.32. The summed E-state index contributed by atoms with van der Waals surface area (Å²) in [7, 11) is 1.99. The van der Waals surface area contributed by atoms with E-state index >= 15 is 0 Å². The molecule has 0 fully saturated rings. The number of halogens is 3. The number of aliphatic hydroxyl groups is 1. The number of rotatable bonds is 3. The number of nitrogens with zero attached hydrogens (tertiary/aromatic N) is 3. The van der Waals surface area contributed by atoms with Crippen LogP contribution < -0.4 is 15.8 Å². The number of aromatic nitrogens is 1. The van der Waals surface area contributed by atoms with Crippen LogP contribution >= 0.6 is 0 Å². The summed E-state index contributed by atoms with van der Waals surface area (Å²) < 4.78 is 37.6. The zero-order valence-corrected chi connectivity index (χ0v) is 17.4. The van der Waals surface area contributed by atoms with Crippen molar-refractivity contribution in [2.24, 2.45) is 0 Å². The second-order valence-corrected chi connectivity index (χ2v) is 7.20. The molecule has 2 unspecified atom stereocenters. The number of alkyl halides is 1. The molecule has 12 heteroatoms. The topological polar surface area (TPSA) is 115 Å². The lowest BCUT2D eigenvalue weighted by Crippen LogP contribution is -2.57. The molecule has 2 aliphatic rings. The van der Waals surface area contributed by atoms with Gasteiger partial charge in [0.2, 0.25) is 5.43 Å². The SMILES string of the molecule is CC1N(C)C(=O)c2c(O)c(=O)c(C(=O)NCc3ccc(F)cc3F)c3n2N1CC3O.CF. The predicted molar refractivity (Wildman–Crippen MR) is 107 cm³/mol. The first-order valence-electron chi connectivity index (χ1n) is 9.47. The number of aliphatic hydroxyl groups excluding tert-OH is 1. The first-order valence-corrected chi connectivity index (χ1v) is 9.47. The molecule has 0 radical (unpaired) electrons. The fourth-order valence-corrected chi connectivity index (χ4v) is 3.79. The molecule has 0 aliphatic carbocycles. The zero-order chi connectivity index (χ0) is 23.9. The number of nitrogens with one attached hydrogen (secondary N) is 1. The van der Waals surface area contributed by atoms with Crippen molar-refractivity contribution in [3.05, 3.63) is 62.6 Å². The lowest BCUT2D eigenvalue weighted by atomic mass is 10.1. The minimum absolute atomic E-state index is 0.0124. The maximum Gasteiger partial charge on any atom is 0.277 e. The van der Waals surface area contributed by atoms with E-state index < -0.39 is 52.5 Å². The minimum Gasteiger partial charge on any atom is -0.502 e. The molecular weight excluding hydrogens is 433 g/mol. The molecular formula is C20H21F3N4O5. The third-order valence-electron chi connectivity index (χ3n) is 5.49. The Kier molecular flexibility index (Phi) is 6.17. The van der Waals surface area contributed by atoms with Crippen LogP contribution in [0.4, 0.5) is 13.2 Å². The van der Waals surface area contributed by atoms with Crippen LogP contribution in [-0.2, 0) is 6.54 Å². The molecule has 0 spiro atoms. The van der Waals surface area contributed by atoms with Gasteiger partial charge in [-0.15, -0.1) is 0 Å². The average molecular weight is 454 g/mol. The van der Waals surface area contributed by atoms with Crippen LogP contribution in [-0.4, -0.2) is 58.5 Å². The highest BCUT2D eigenvalue weighted by atomic mass is 19.1. The van der Waals surface area contributed by atoms with Crippen molar-refractivity contribution in [1.29, 1.82) is 0 Å². The second kappa shape index (κ2) is 8.54. The van der Waals surface area contributed by atoms with Crippen molar-refractivity contribution >= 4 is 11.8 Å². The zero-order valence-electron chi connectivity index (χ0n) is 17.4. The third kappa shape index (κ3) is 3.45. The Morgan fingerprint density at radius 3 is 2.53 bits per heavy atom. The molecule has 0 saturated carbocycles. The van der Waals surface area contributed by atoms with Gasteiger partial charge in [0.15, 0.2) is 11.4 Å². The molecule has 9 nitrogen and oxygen atoms in total. The fraction of sp³-hybridized carbons (Fsp3) is 0.350. The average Bonchev–Trinajstić information content (AvgIpc) is 3.10. The molecule has 2 atom stereocenters. The number of pyridine rings is 1. The molecule has 32 heavy (non-hydrogen) atoms. The number of aromatic hydroxyl groups is 1. The highest BCUT2D eigenvalue weighted by Gasteiger charge is 2.45. The van der Waals surface area contributed by atoms with Gasteiger partial charge in [-0.1, -0.05) is 6.07 Å². The molecule has 0 saturated heterocycles. The van der Waals surface area contributed by atoms with Crippen molar-refractivity contribution in [2.45, 2.75) is 25.7 Å². The summed E-state index contributed by atoms with van der Waals surface area (Å²) in [6, 6.07) is 2.83. The Morgan fingerprint density at radius 2 is 1.91 bits per heavy atom. The Morgan fingerprint density at radius 1 is 1.25 bits per heavy atom. The van der Waals surface area contributed by atoms with Crippen LogP contribution in [0.3, 0.4) is 0 Å². The Bertz CT molecular complexity index is 1150. The summed E-state index contributed by atoms with van der Waals surface area (Å²) in [6.07, 6.45) is -1.78. The Balaban J connectivity index is 0.00000141. The number of carbonyl (C=O) groups excluding carboxylic acids is 2. The van der Waals surface area contributed by atoms with Gasteiger partial charge >= 0.3 is 0 Å². The smallest absolute Gasteiger partial charge is 0.277 e. The van der Waals surface area contributed by atoms with E-state index in [4.69, 9.17) is 0 Å². The highest BCUT2D eigenvalue weighted by Crippen LogP contribution is 2.34. The van der Waals surface area contributed by atoms with E-state index in [0.29, 0.717) is 13.2 Å². The lowest BCUT2D eigenvalue weighted by molar-refractivity contribution is 0.0655. The predicted octanol–water partition coefficient (Wildman–Crippen LogP) is 0.764. The lowest BCUT2D eigenvalue weighted by Gasteiger charge is -2.41. The molecule has 1 aromatic carbocycles. The number of hydrogen-bond donors (Lipinski definition) is 3. The van der Waals surface area contributed by atoms with Crippen molar-refractivity contribution in [1.82, 2.24) is 14.9 Å². The van der Waals surface area contributed by atoms with Crippen LogP contribution in [0.2, 0.25) is 0 Å². The monoisotopic (exact) mass is 454 g/mol. The quantitative estimate of drug-likeness (QED) is 0.631. The molecule has 3 N–H and O–H groups in total. The standard InChI is InChI=1S/C19H18F2N4O5.CH3F/c1-8-23(2)19(30)15-17(28)16(27)13(14-12(26)7-24(8)25(14)15)18(29)22-6-9-3-4-10(20)5-11(9)21;1-2/h3-5,8,12,26,28H,6-7H2,1-2H3,(H,22,29);1H3. The second-order valence-electron chi connectivity index (χ2n) is 7.20.